The van der Waals surface area contributed by atoms with Gasteiger partial charge in [-0.25, -0.2) is 43.2 Å². The van der Waals surface area contributed by atoms with Gasteiger partial charge in [-0.15, -0.1) is 0 Å². The highest BCUT2D eigenvalue weighted by Gasteiger charge is 2.29. The zero-order valence-electron chi connectivity index (χ0n) is 39.6. The van der Waals surface area contributed by atoms with Crippen LogP contribution < -0.4 is 4.74 Å². The van der Waals surface area contributed by atoms with Gasteiger partial charge in [0.05, 0.1) is 22.3 Å². The topological polar surface area (TPSA) is 237 Å². The van der Waals surface area contributed by atoms with Crippen LogP contribution in [0.3, 0.4) is 0 Å². The Morgan fingerprint density at radius 2 is 0.614 bits per heavy atom. The molecular weight excluding hydrogens is 913 g/mol. The Hall–Kier alpha value is -8.67. The van der Waals surface area contributed by atoms with Crippen LogP contribution in [-0.4, -0.2) is 107 Å². The molecular formula is C52H54O18. The highest BCUT2D eigenvalue weighted by atomic mass is 16.6. The number of esters is 9. The van der Waals surface area contributed by atoms with Crippen LogP contribution in [0.15, 0.2) is 128 Å². The van der Waals surface area contributed by atoms with Crippen LogP contribution >= 0.6 is 0 Å². The van der Waals surface area contributed by atoms with Gasteiger partial charge < -0.3 is 42.6 Å². The molecule has 0 bridgehead atoms. The lowest BCUT2D eigenvalue weighted by Gasteiger charge is -2.15. The van der Waals surface area contributed by atoms with Crippen LogP contribution in [0.5, 0.6) is 5.75 Å². The van der Waals surface area contributed by atoms with Gasteiger partial charge in [0.1, 0.15) is 58.6 Å². The van der Waals surface area contributed by atoms with Crippen molar-refractivity contribution in [3.8, 4) is 16.9 Å². The minimum absolute atomic E-state index is 0.0873. The third-order valence-electron chi connectivity index (χ3n) is 8.52. The Balaban J connectivity index is 0.000000691. The van der Waals surface area contributed by atoms with Crippen LogP contribution in [0.4, 0.5) is 0 Å². The van der Waals surface area contributed by atoms with Gasteiger partial charge in [0.15, 0.2) is 0 Å². The van der Waals surface area contributed by atoms with Crippen molar-refractivity contribution < 1.29 is 85.8 Å². The molecule has 0 amide bonds. The van der Waals surface area contributed by atoms with Crippen LogP contribution in [0.25, 0.3) is 17.2 Å². The number of hydrogen-bond acceptors (Lipinski definition) is 18. The van der Waals surface area contributed by atoms with Gasteiger partial charge in [-0.1, -0.05) is 81.9 Å². The monoisotopic (exact) mass is 966 g/mol. The molecule has 3 aromatic carbocycles. The summed E-state index contributed by atoms with van der Waals surface area (Å²) in [4.78, 5) is 111. The summed E-state index contributed by atoms with van der Waals surface area (Å²) in [5.74, 6) is -7.77. The highest BCUT2D eigenvalue weighted by molar-refractivity contribution is 6.10. The first-order chi connectivity index (χ1) is 33.1. The van der Waals surface area contributed by atoms with Gasteiger partial charge in [-0.3, -0.25) is 0 Å². The first kappa shape index (κ1) is 57.5. The molecule has 0 N–H and O–H groups in total. The number of benzene rings is 3. The Morgan fingerprint density at radius 1 is 0.371 bits per heavy atom. The second kappa shape index (κ2) is 29.2. The lowest BCUT2D eigenvalue weighted by molar-refractivity contribution is -0.140. The summed E-state index contributed by atoms with van der Waals surface area (Å²) >= 11 is 0. The van der Waals surface area contributed by atoms with Crippen LogP contribution in [0.1, 0.15) is 81.6 Å². The summed E-state index contributed by atoms with van der Waals surface area (Å²) in [6, 6.07) is 17.1. The van der Waals surface area contributed by atoms with E-state index in [-0.39, 0.29) is 22.3 Å². The number of hydrogen-bond donors (Lipinski definition) is 0. The summed E-state index contributed by atoms with van der Waals surface area (Å²) in [5, 5.41) is 0. The molecule has 0 aliphatic heterocycles. The molecule has 0 aliphatic carbocycles. The van der Waals surface area contributed by atoms with Crippen molar-refractivity contribution in [2.45, 2.75) is 34.6 Å². The van der Waals surface area contributed by atoms with Gasteiger partial charge >= 0.3 is 53.7 Å². The second-order valence-electron chi connectivity index (χ2n) is 14.7. The molecule has 0 aromatic heterocycles. The molecule has 370 valence electrons. The second-order valence-corrected chi connectivity index (χ2v) is 14.7. The molecule has 18 heteroatoms. The molecule has 0 saturated carbocycles. The van der Waals surface area contributed by atoms with Gasteiger partial charge in [0.2, 0.25) is 0 Å². The third-order valence-corrected chi connectivity index (χ3v) is 8.52. The molecule has 0 saturated heterocycles. The van der Waals surface area contributed by atoms with Crippen molar-refractivity contribution in [3.05, 3.63) is 156 Å². The van der Waals surface area contributed by atoms with Crippen molar-refractivity contribution in [1.82, 2.24) is 0 Å². The Labute approximate surface area is 404 Å². The largest absolute Gasteiger partial charge is 0.459 e. The van der Waals surface area contributed by atoms with E-state index in [9.17, 15) is 43.2 Å². The highest BCUT2D eigenvalue weighted by Crippen LogP contribution is 2.24. The third kappa shape index (κ3) is 19.7. The molecule has 0 spiro atoms. The minimum Gasteiger partial charge on any atom is -0.459 e. The van der Waals surface area contributed by atoms with Crippen molar-refractivity contribution in [3.63, 3.8) is 0 Å². The molecule has 18 nitrogen and oxygen atoms in total. The van der Waals surface area contributed by atoms with E-state index in [1.807, 2.05) is 42.5 Å². The molecule has 0 radical (unpaired) electrons. The van der Waals surface area contributed by atoms with Crippen LogP contribution in [0, 0.1) is 0 Å². The molecule has 70 heavy (non-hydrogen) atoms. The zero-order chi connectivity index (χ0) is 52.5. The van der Waals surface area contributed by atoms with E-state index < -0.39 is 129 Å². The van der Waals surface area contributed by atoms with Gasteiger partial charge in [0, 0.05) is 27.9 Å². The summed E-state index contributed by atoms with van der Waals surface area (Å²) in [6.45, 7) is 24.6. The first-order valence-corrected chi connectivity index (χ1v) is 20.9. The van der Waals surface area contributed by atoms with E-state index in [0.29, 0.717) is 11.3 Å². The predicted molar refractivity (Wildman–Crippen MR) is 253 cm³/mol. The van der Waals surface area contributed by atoms with E-state index in [0.717, 1.165) is 28.8 Å². The molecule has 3 rings (SSSR count). The minimum atomic E-state index is -1.21. The van der Waals surface area contributed by atoms with E-state index >= 15 is 0 Å². The van der Waals surface area contributed by atoms with Crippen LogP contribution in [-0.2, 0) is 61.9 Å². The van der Waals surface area contributed by atoms with Gasteiger partial charge in [0.25, 0.3) is 0 Å². The molecule has 0 heterocycles. The number of rotatable bonds is 24. The average molecular weight is 967 g/mol. The van der Waals surface area contributed by atoms with E-state index in [1.54, 1.807) is 19.1 Å². The summed E-state index contributed by atoms with van der Waals surface area (Å²) in [5.41, 5.74) is 1.63. The number of carbonyl (C=O) groups excluding carboxylic acids is 9. The van der Waals surface area contributed by atoms with Crippen molar-refractivity contribution >= 4 is 59.8 Å². The Kier molecular flexibility index (Phi) is 23.9. The van der Waals surface area contributed by atoms with E-state index in [4.69, 9.17) is 42.6 Å². The van der Waals surface area contributed by atoms with E-state index in [2.05, 4.69) is 39.5 Å². The fraction of sp³-hybridized carbons (Fsp3) is 0.250. The SMILES string of the molecule is C=C(C)C(=O)OCCOC(=O)c1cc(C(=O)OCCOC(=O)C(=C)C)c(C(=O)OCCOC(=O)C(=C)C)cc1C(=O)OCCOC(=O)C(=C)C.C=Cc1ccc(-c2ccc(OC(=O)C(=C)C)cc2)cc1. The Bertz CT molecular complexity index is 2300. The molecule has 0 aliphatic rings. The standard InChI is InChI=1S/C34H38O16.C18H16O2/c1-19(2)27(35)43-9-13-47-31(39)23-17-25(33(41)49-15-11-45-29(37)21(5)6)26(34(42)50-16-12-46-30(38)22(7)8)18-24(23)32(40)48-14-10-44-28(36)20(3)4;1-4-14-5-7-15(8-6-14)16-9-11-17(12-10-16)20-18(19)13(2)3/h17-18H,1,3,5,7,9-16H2,2,4,6,8H3;4-12H,1-2H2,3H3. The summed E-state index contributed by atoms with van der Waals surface area (Å²) < 4.78 is 45.1. The Morgan fingerprint density at radius 3 is 0.857 bits per heavy atom. The molecule has 0 unspecified atom stereocenters. The molecule has 0 atom stereocenters. The van der Waals surface area contributed by atoms with Gasteiger partial charge in [-0.2, -0.15) is 0 Å². The van der Waals surface area contributed by atoms with Crippen LogP contribution in [0.2, 0.25) is 0 Å². The van der Waals surface area contributed by atoms with Gasteiger partial charge in [-0.05, 0) is 75.6 Å². The normalized spacial score (nSPS) is 9.96. The quantitative estimate of drug-likeness (QED) is 0.0282. The molecule has 3 aromatic rings. The maximum absolute atomic E-state index is 13.2. The maximum atomic E-state index is 13.2. The number of ether oxygens (including phenoxy) is 9. The van der Waals surface area contributed by atoms with E-state index in [1.165, 1.54) is 27.7 Å². The average Bonchev–Trinajstić information content (AvgIpc) is 3.33. The van der Waals surface area contributed by atoms with Crippen molar-refractivity contribution in [2.75, 3.05) is 52.9 Å². The first-order valence-electron chi connectivity index (χ1n) is 20.9. The molecule has 0 fully saturated rings. The predicted octanol–water partition coefficient (Wildman–Crippen LogP) is 7.27. The van der Waals surface area contributed by atoms with Crippen molar-refractivity contribution in [1.29, 1.82) is 0 Å². The fourth-order valence-electron chi connectivity index (χ4n) is 4.88. The van der Waals surface area contributed by atoms with Crippen molar-refractivity contribution in [2.24, 2.45) is 0 Å². The zero-order valence-corrected chi connectivity index (χ0v) is 39.6. The maximum Gasteiger partial charge on any atom is 0.339 e. The lowest BCUT2D eigenvalue weighted by Crippen LogP contribution is -2.23. The fourth-order valence-corrected chi connectivity index (χ4v) is 4.88. The lowest BCUT2D eigenvalue weighted by atomic mass is 9.98. The summed E-state index contributed by atoms with van der Waals surface area (Å²) in [7, 11) is 0. The summed E-state index contributed by atoms with van der Waals surface area (Å²) in [6.07, 6.45) is 1.81. The number of carbonyl (C=O) groups is 9. The smallest absolute Gasteiger partial charge is 0.339 e.